The van der Waals surface area contributed by atoms with Gasteiger partial charge in [0.25, 0.3) is 5.69 Å². The number of rotatable bonds is 7. The number of hydrogen-bond acceptors (Lipinski definition) is 6. The van der Waals surface area contributed by atoms with Gasteiger partial charge in [0, 0.05) is 6.07 Å². The van der Waals surface area contributed by atoms with Gasteiger partial charge in [-0.3, -0.25) is 20.2 Å². The third kappa shape index (κ3) is 4.00. The second kappa shape index (κ2) is 9.33. The summed E-state index contributed by atoms with van der Waals surface area (Å²) in [6.45, 7) is 0. The minimum absolute atomic E-state index is 0.382. The molecule has 0 bridgehead atoms. The van der Waals surface area contributed by atoms with E-state index in [-0.39, 0.29) is 5.75 Å². The smallest absolute Gasteiger partial charge is 0.331 e. The Morgan fingerprint density at radius 1 is 0.647 bits per heavy atom. The van der Waals surface area contributed by atoms with Crippen molar-refractivity contribution in [3.63, 3.8) is 0 Å². The van der Waals surface area contributed by atoms with E-state index in [1.165, 1.54) is 0 Å². The maximum Gasteiger partial charge on any atom is 0.331 e. The largest absolute Gasteiger partial charge is 0.418 e. The molecule has 0 spiro atoms. The van der Waals surface area contributed by atoms with Crippen LogP contribution in [0.1, 0.15) is 16.7 Å². The summed E-state index contributed by atoms with van der Waals surface area (Å²) in [6, 6.07) is 29.8. The van der Waals surface area contributed by atoms with Gasteiger partial charge in [0.05, 0.1) is 15.9 Å². The molecule has 4 aromatic carbocycles. The van der Waals surface area contributed by atoms with Crippen LogP contribution < -0.4 is 4.74 Å². The molecule has 0 heterocycles. The molecule has 0 fully saturated rings. The average molecular weight is 454 g/mol. The minimum atomic E-state index is -1.46. The van der Waals surface area contributed by atoms with Crippen LogP contribution in [-0.4, -0.2) is 15.8 Å². The van der Waals surface area contributed by atoms with E-state index in [2.05, 4.69) is 0 Å². The van der Waals surface area contributed by atoms with E-state index in [1.54, 1.807) is 72.8 Å². The normalized spacial score (nSPS) is 10.9. The van der Waals surface area contributed by atoms with Gasteiger partial charge in [-0.15, -0.1) is 0 Å². The van der Waals surface area contributed by atoms with Gasteiger partial charge in [-0.1, -0.05) is 91.0 Å². The SMILES string of the molecule is O=C(Oc1ccc([N+](=O)[O-])cc1[N+](=O)[O-])C(c1ccccc1)(c1ccccc1)c1ccccc1. The third-order valence-corrected chi connectivity index (χ3v) is 5.48. The molecular formula is C26H18N2O6. The van der Waals surface area contributed by atoms with Crippen LogP contribution >= 0.6 is 0 Å². The molecular weight excluding hydrogens is 436 g/mol. The predicted molar refractivity (Wildman–Crippen MR) is 125 cm³/mol. The highest BCUT2D eigenvalue weighted by molar-refractivity contribution is 5.94. The van der Waals surface area contributed by atoms with Gasteiger partial charge in [0.15, 0.2) is 0 Å². The molecule has 0 amide bonds. The molecule has 4 aromatic rings. The summed E-state index contributed by atoms with van der Waals surface area (Å²) in [4.78, 5) is 35.2. The number of nitro benzene ring substituents is 2. The minimum Gasteiger partial charge on any atom is -0.418 e. The van der Waals surface area contributed by atoms with E-state index >= 15 is 0 Å². The Kier molecular flexibility index (Phi) is 6.13. The van der Waals surface area contributed by atoms with Crippen molar-refractivity contribution >= 4 is 17.3 Å². The molecule has 8 nitrogen and oxygen atoms in total. The van der Waals surface area contributed by atoms with Crippen LogP contribution in [0.25, 0.3) is 0 Å². The van der Waals surface area contributed by atoms with Crippen molar-refractivity contribution in [1.82, 2.24) is 0 Å². The Hall–Kier alpha value is -4.85. The van der Waals surface area contributed by atoms with Crippen LogP contribution in [0, 0.1) is 20.2 Å². The van der Waals surface area contributed by atoms with Crippen molar-refractivity contribution in [1.29, 1.82) is 0 Å². The fourth-order valence-electron chi connectivity index (χ4n) is 3.94. The van der Waals surface area contributed by atoms with E-state index in [0.29, 0.717) is 16.7 Å². The number of carbonyl (C=O) groups excluding carboxylic acids is 1. The Morgan fingerprint density at radius 2 is 1.09 bits per heavy atom. The summed E-state index contributed by atoms with van der Waals surface area (Å²) in [5, 5.41) is 22.7. The molecule has 0 saturated heterocycles. The van der Waals surface area contributed by atoms with Crippen LogP contribution in [-0.2, 0) is 10.2 Å². The topological polar surface area (TPSA) is 113 Å². The Labute approximate surface area is 194 Å². The zero-order valence-corrected chi connectivity index (χ0v) is 17.7. The molecule has 0 aliphatic carbocycles. The first-order chi connectivity index (χ1) is 16.4. The van der Waals surface area contributed by atoms with Crippen LogP contribution in [0.15, 0.2) is 109 Å². The van der Waals surface area contributed by atoms with Crippen LogP contribution in [0.2, 0.25) is 0 Å². The van der Waals surface area contributed by atoms with E-state index in [0.717, 1.165) is 18.2 Å². The Morgan fingerprint density at radius 3 is 1.47 bits per heavy atom. The molecule has 0 radical (unpaired) electrons. The number of nitro groups is 2. The summed E-state index contributed by atoms with van der Waals surface area (Å²) in [5.41, 5.74) is -0.817. The summed E-state index contributed by atoms with van der Waals surface area (Å²) >= 11 is 0. The van der Waals surface area contributed by atoms with Crippen molar-refractivity contribution in [2.24, 2.45) is 0 Å². The molecule has 0 saturated carbocycles. The lowest BCUT2D eigenvalue weighted by atomic mass is 9.69. The molecule has 8 heteroatoms. The van der Waals surface area contributed by atoms with Gasteiger partial charge >= 0.3 is 11.7 Å². The van der Waals surface area contributed by atoms with E-state index in [1.807, 2.05) is 18.2 Å². The number of ether oxygens (including phenoxy) is 1. The molecule has 0 aliphatic heterocycles. The molecule has 34 heavy (non-hydrogen) atoms. The molecule has 0 aliphatic rings. The first-order valence-corrected chi connectivity index (χ1v) is 10.3. The second-order valence-corrected chi connectivity index (χ2v) is 7.40. The first kappa shape index (κ1) is 22.3. The van der Waals surface area contributed by atoms with Gasteiger partial charge in [0.1, 0.15) is 5.41 Å². The van der Waals surface area contributed by atoms with Gasteiger partial charge in [-0.25, -0.2) is 4.79 Å². The van der Waals surface area contributed by atoms with Crippen LogP contribution in [0.4, 0.5) is 11.4 Å². The van der Waals surface area contributed by atoms with E-state index in [4.69, 9.17) is 4.74 Å². The predicted octanol–water partition coefficient (Wildman–Crippen LogP) is 5.44. The van der Waals surface area contributed by atoms with Crippen molar-refractivity contribution in [2.45, 2.75) is 5.41 Å². The van der Waals surface area contributed by atoms with Crippen LogP contribution in [0.5, 0.6) is 5.75 Å². The molecule has 168 valence electrons. The average Bonchev–Trinajstić information content (AvgIpc) is 2.86. The maximum atomic E-state index is 14.1. The molecule has 0 atom stereocenters. The summed E-state index contributed by atoms with van der Waals surface area (Å²) < 4.78 is 5.67. The highest BCUT2D eigenvalue weighted by atomic mass is 16.6. The molecule has 0 N–H and O–H groups in total. The number of non-ortho nitro benzene ring substituents is 1. The lowest BCUT2D eigenvalue weighted by Crippen LogP contribution is -2.41. The number of benzene rings is 4. The number of hydrogen-bond donors (Lipinski definition) is 0. The van der Waals surface area contributed by atoms with E-state index < -0.39 is 32.6 Å². The van der Waals surface area contributed by atoms with Gasteiger partial charge < -0.3 is 4.74 Å². The summed E-state index contributed by atoms with van der Waals surface area (Å²) in [5.74, 6) is -1.17. The fraction of sp³-hybridized carbons (Fsp3) is 0.0385. The Bertz CT molecular complexity index is 1250. The standard InChI is InChI=1S/C26H18N2O6/c29-25(34-24-17-16-22(27(30)31)18-23(24)28(32)33)26(19-10-4-1-5-11-19,20-12-6-2-7-13-20)21-14-8-3-9-15-21/h1-18H. The maximum absolute atomic E-state index is 14.1. The lowest BCUT2D eigenvalue weighted by molar-refractivity contribution is -0.394. The summed E-state index contributed by atoms with van der Waals surface area (Å²) in [6.07, 6.45) is 0. The lowest BCUT2D eigenvalue weighted by Gasteiger charge is -2.33. The number of esters is 1. The third-order valence-electron chi connectivity index (χ3n) is 5.48. The highest BCUT2D eigenvalue weighted by Gasteiger charge is 2.46. The monoisotopic (exact) mass is 454 g/mol. The van der Waals surface area contributed by atoms with Crippen LogP contribution in [0.3, 0.4) is 0 Å². The van der Waals surface area contributed by atoms with Gasteiger partial charge in [-0.2, -0.15) is 0 Å². The second-order valence-electron chi connectivity index (χ2n) is 7.40. The quantitative estimate of drug-likeness (QED) is 0.121. The Balaban J connectivity index is 1.95. The zero-order valence-electron chi connectivity index (χ0n) is 17.7. The van der Waals surface area contributed by atoms with E-state index in [9.17, 15) is 25.0 Å². The van der Waals surface area contributed by atoms with Crippen molar-refractivity contribution in [3.8, 4) is 5.75 Å². The van der Waals surface area contributed by atoms with Crippen molar-refractivity contribution < 1.29 is 19.4 Å². The number of nitrogens with zero attached hydrogens (tertiary/aromatic N) is 2. The van der Waals surface area contributed by atoms with Gasteiger partial charge in [-0.05, 0) is 22.8 Å². The summed E-state index contributed by atoms with van der Waals surface area (Å²) in [7, 11) is 0. The number of carbonyl (C=O) groups is 1. The molecule has 0 unspecified atom stereocenters. The van der Waals surface area contributed by atoms with Crippen molar-refractivity contribution in [2.75, 3.05) is 0 Å². The molecule has 4 rings (SSSR count). The zero-order chi connectivity index (χ0) is 24.1. The molecule has 0 aromatic heterocycles. The first-order valence-electron chi connectivity index (χ1n) is 10.3. The van der Waals surface area contributed by atoms with Crippen molar-refractivity contribution in [3.05, 3.63) is 146 Å². The fourth-order valence-corrected chi connectivity index (χ4v) is 3.94. The van der Waals surface area contributed by atoms with Gasteiger partial charge in [0.2, 0.25) is 5.75 Å². The highest BCUT2D eigenvalue weighted by Crippen LogP contribution is 2.42.